The van der Waals surface area contributed by atoms with Crippen molar-refractivity contribution < 1.29 is 4.74 Å². The summed E-state index contributed by atoms with van der Waals surface area (Å²) in [5.41, 5.74) is 3.49. The zero-order valence-corrected chi connectivity index (χ0v) is 13.1. The maximum absolute atomic E-state index is 5.35. The molecule has 0 saturated heterocycles. The normalized spacial score (nSPS) is 10.8. The van der Waals surface area contributed by atoms with Crippen LogP contribution >= 0.6 is 11.3 Å². The van der Waals surface area contributed by atoms with Crippen LogP contribution in [0.4, 0.5) is 10.8 Å². The molecule has 3 heterocycles. The molecule has 4 rings (SSSR count). The van der Waals surface area contributed by atoms with Gasteiger partial charge in [0.25, 0.3) is 0 Å². The van der Waals surface area contributed by atoms with E-state index < -0.39 is 0 Å². The molecule has 0 aliphatic heterocycles. The number of benzene rings is 1. The van der Waals surface area contributed by atoms with Crippen LogP contribution < -0.4 is 10.1 Å². The minimum Gasteiger partial charge on any atom is -0.495 e. The number of nitrogens with one attached hydrogen (secondary N) is 1. The first-order valence-corrected chi connectivity index (χ1v) is 7.86. The van der Waals surface area contributed by atoms with Crippen LogP contribution in [-0.4, -0.2) is 26.5 Å². The van der Waals surface area contributed by atoms with Crippen molar-refractivity contribution in [2.24, 2.45) is 0 Å². The van der Waals surface area contributed by atoms with Gasteiger partial charge in [-0.3, -0.25) is 9.38 Å². The number of imidazole rings is 1. The van der Waals surface area contributed by atoms with Gasteiger partial charge in [0.2, 0.25) is 0 Å². The minimum atomic E-state index is 0.783. The molecule has 114 valence electrons. The lowest BCUT2D eigenvalue weighted by Crippen LogP contribution is -1.94. The Kier molecular flexibility index (Phi) is 3.39. The van der Waals surface area contributed by atoms with E-state index in [1.54, 1.807) is 25.7 Å². The molecule has 0 saturated carbocycles. The molecule has 0 aliphatic carbocycles. The highest BCUT2D eigenvalue weighted by atomic mass is 32.1. The number of nitrogens with zero attached hydrogens (tertiary/aromatic N) is 4. The fraction of sp³-hybridized carbons (Fsp3) is 0.0625. The Hall–Kier alpha value is -2.93. The third kappa shape index (κ3) is 2.51. The van der Waals surface area contributed by atoms with E-state index in [0.29, 0.717) is 0 Å². The molecule has 0 amide bonds. The van der Waals surface area contributed by atoms with E-state index in [2.05, 4.69) is 20.3 Å². The van der Waals surface area contributed by atoms with Gasteiger partial charge in [-0.05, 0) is 12.1 Å². The molecule has 6 nitrogen and oxygen atoms in total. The van der Waals surface area contributed by atoms with Gasteiger partial charge in [0.15, 0.2) is 10.8 Å². The zero-order valence-electron chi connectivity index (χ0n) is 12.3. The number of rotatable bonds is 4. The molecule has 0 aliphatic rings. The molecule has 1 aromatic carbocycles. The second-order valence-corrected chi connectivity index (χ2v) is 5.67. The van der Waals surface area contributed by atoms with E-state index in [9.17, 15) is 0 Å². The average molecular weight is 323 g/mol. The number of methoxy groups -OCH3 is 1. The first-order valence-electron chi connectivity index (χ1n) is 6.98. The maximum Gasteiger partial charge on any atom is 0.187 e. The van der Waals surface area contributed by atoms with Crippen molar-refractivity contribution in [3.63, 3.8) is 0 Å². The maximum atomic E-state index is 5.35. The second-order valence-electron chi connectivity index (χ2n) is 4.81. The molecule has 0 unspecified atom stereocenters. The second kappa shape index (κ2) is 5.69. The van der Waals surface area contributed by atoms with Gasteiger partial charge < -0.3 is 10.1 Å². The SMILES string of the molecule is COc1ccccc1Nc1nc(-c2cnc3cnccn23)cs1. The van der Waals surface area contributed by atoms with Gasteiger partial charge >= 0.3 is 0 Å². The monoisotopic (exact) mass is 323 g/mol. The summed E-state index contributed by atoms with van der Waals surface area (Å²) in [7, 11) is 1.65. The van der Waals surface area contributed by atoms with E-state index in [0.717, 1.165) is 33.6 Å². The van der Waals surface area contributed by atoms with Gasteiger partial charge in [0, 0.05) is 17.8 Å². The Morgan fingerprint density at radius 3 is 3.04 bits per heavy atom. The summed E-state index contributed by atoms with van der Waals surface area (Å²) in [6.45, 7) is 0. The summed E-state index contributed by atoms with van der Waals surface area (Å²) in [6, 6.07) is 7.76. The Balaban J connectivity index is 1.67. The van der Waals surface area contributed by atoms with Crippen molar-refractivity contribution in [3.8, 4) is 17.1 Å². The van der Waals surface area contributed by atoms with Gasteiger partial charge in [-0.2, -0.15) is 0 Å². The van der Waals surface area contributed by atoms with Gasteiger partial charge in [-0.1, -0.05) is 12.1 Å². The summed E-state index contributed by atoms with van der Waals surface area (Å²) in [5.74, 6) is 0.783. The molecule has 0 spiro atoms. The highest BCUT2D eigenvalue weighted by Gasteiger charge is 2.11. The lowest BCUT2D eigenvalue weighted by molar-refractivity contribution is 0.417. The zero-order chi connectivity index (χ0) is 15.6. The van der Waals surface area contributed by atoms with Crippen LogP contribution in [0.2, 0.25) is 0 Å². The van der Waals surface area contributed by atoms with E-state index >= 15 is 0 Å². The fourth-order valence-electron chi connectivity index (χ4n) is 2.34. The molecule has 0 atom stereocenters. The molecule has 0 fully saturated rings. The van der Waals surface area contributed by atoms with Crippen LogP contribution in [0.1, 0.15) is 0 Å². The molecule has 0 radical (unpaired) electrons. The average Bonchev–Trinajstić information content (AvgIpc) is 3.22. The molecule has 3 aromatic heterocycles. The summed E-state index contributed by atoms with van der Waals surface area (Å²) < 4.78 is 7.31. The Morgan fingerprint density at radius 1 is 1.22 bits per heavy atom. The molecule has 4 aromatic rings. The van der Waals surface area contributed by atoms with Crippen molar-refractivity contribution >= 4 is 27.8 Å². The quantitative estimate of drug-likeness (QED) is 0.621. The van der Waals surface area contributed by atoms with E-state index in [1.807, 2.05) is 40.2 Å². The number of hydrogen-bond acceptors (Lipinski definition) is 6. The predicted molar refractivity (Wildman–Crippen MR) is 90.4 cm³/mol. The van der Waals surface area contributed by atoms with Gasteiger partial charge in [0.05, 0.1) is 30.9 Å². The summed E-state index contributed by atoms with van der Waals surface area (Å²) in [6.07, 6.45) is 7.14. The number of ether oxygens (including phenoxy) is 1. The van der Waals surface area contributed by atoms with Crippen LogP contribution in [0.15, 0.2) is 54.4 Å². The van der Waals surface area contributed by atoms with Crippen molar-refractivity contribution in [2.75, 3.05) is 12.4 Å². The van der Waals surface area contributed by atoms with Gasteiger partial charge in [-0.15, -0.1) is 11.3 Å². The Bertz CT molecular complexity index is 962. The predicted octanol–water partition coefficient (Wildman–Crippen LogP) is 3.61. The third-order valence-corrected chi connectivity index (χ3v) is 4.19. The molecule has 23 heavy (non-hydrogen) atoms. The highest BCUT2D eigenvalue weighted by molar-refractivity contribution is 7.14. The summed E-state index contributed by atoms with van der Waals surface area (Å²) in [4.78, 5) is 13.1. The molecule has 7 heteroatoms. The van der Waals surface area contributed by atoms with Crippen molar-refractivity contribution in [1.29, 1.82) is 0 Å². The molecular formula is C16H13N5OS. The highest BCUT2D eigenvalue weighted by Crippen LogP contribution is 2.31. The van der Waals surface area contributed by atoms with Crippen LogP contribution in [-0.2, 0) is 0 Å². The van der Waals surface area contributed by atoms with E-state index in [1.165, 1.54) is 11.3 Å². The summed E-state index contributed by atoms with van der Waals surface area (Å²) in [5, 5.41) is 6.10. The Morgan fingerprint density at radius 2 is 2.13 bits per heavy atom. The lowest BCUT2D eigenvalue weighted by Gasteiger charge is -2.07. The third-order valence-electron chi connectivity index (χ3n) is 3.43. The van der Waals surface area contributed by atoms with Crippen LogP contribution in [0.3, 0.4) is 0 Å². The van der Waals surface area contributed by atoms with Crippen LogP contribution in [0, 0.1) is 0 Å². The topological polar surface area (TPSA) is 64.3 Å². The number of aromatic nitrogens is 4. The largest absolute Gasteiger partial charge is 0.495 e. The fourth-order valence-corrected chi connectivity index (χ4v) is 3.06. The van der Waals surface area contributed by atoms with Crippen molar-refractivity contribution in [2.45, 2.75) is 0 Å². The number of hydrogen-bond donors (Lipinski definition) is 1. The number of para-hydroxylation sites is 2. The van der Waals surface area contributed by atoms with Crippen molar-refractivity contribution in [1.82, 2.24) is 19.4 Å². The van der Waals surface area contributed by atoms with Gasteiger partial charge in [-0.25, -0.2) is 9.97 Å². The van der Waals surface area contributed by atoms with Crippen molar-refractivity contribution in [3.05, 3.63) is 54.4 Å². The first kappa shape index (κ1) is 13.7. The molecular weight excluding hydrogens is 310 g/mol. The number of anilines is 2. The molecule has 1 N–H and O–H groups in total. The van der Waals surface area contributed by atoms with Gasteiger partial charge in [0.1, 0.15) is 11.4 Å². The minimum absolute atomic E-state index is 0.783. The van der Waals surface area contributed by atoms with Crippen LogP contribution in [0.5, 0.6) is 5.75 Å². The summed E-state index contributed by atoms with van der Waals surface area (Å²) >= 11 is 1.54. The number of fused-ring (bicyclic) bond motifs is 1. The smallest absolute Gasteiger partial charge is 0.187 e. The lowest BCUT2D eigenvalue weighted by atomic mass is 10.3. The number of thiazole rings is 1. The standard InChI is InChI=1S/C16H13N5OS/c1-22-14-5-3-2-4-11(14)19-16-20-12(10-23-16)13-8-18-15-9-17-6-7-21(13)15/h2-10H,1H3,(H,19,20). The van der Waals surface area contributed by atoms with Crippen LogP contribution in [0.25, 0.3) is 17.0 Å². The van der Waals surface area contributed by atoms with E-state index in [4.69, 9.17) is 4.74 Å². The first-order chi connectivity index (χ1) is 11.3. The molecule has 0 bridgehead atoms. The Labute approximate surface area is 136 Å². The van der Waals surface area contributed by atoms with E-state index in [-0.39, 0.29) is 0 Å².